The summed E-state index contributed by atoms with van der Waals surface area (Å²) in [6, 6.07) is 9.90. The molecule has 168 valence electrons. The van der Waals surface area contributed by atoms with E-state index in [4.69, 9.17) is 0 Å². The maximum absolute atomic E-state index is 12.6. The maximum Gasteiger partial charge on any atom is 0.273 e. The minimum Gasteiger partial charge on any atom is -0.358 e. The van der Waals surface area contributed by atoms with Crippen molar-refractivity contribution in [2.75, 3.05) is 0 Å². The Hall–Kier alpha value is -4.66. The molecule has 0 bridgehead atoms. The van der Waals surface area contributed by atoms with Crippen LogP contribution in [0.5, 0.6) is 0 Å². The molecule has 0 aliphatic carbocycles. The average Bonchev–Trinajstić information content (AvgIpc) is 3.59. The molecule has 1 aromatic carbocycles. The number of amides is 1. The van der Waals surface area contributed by atoms with E-state index in [0.29, 0.717) is 29.8 Å². The van der Waals surface area contributed by atoms with Gasteiger partial charge in [-0.3, -0.25) is 24.1 Å². The van der Waals surface area contributed by atoms with E-state index in [1.54, 1.807) is 37.1 Å². The lowest BCUT2D eigenvalue weighted by atomic mass is 9.95. The Morgan fingerprint density at radius 3 is 2.71 bits per heavy atom. The van der Waals surface area contributed by atoms with E-state index in [1.165, 1.54) is 10.9 Å². The Labute approximate surface area is 195 Å². The molecule has 1 aliphatic rings. The molecule has 5 rings (SSSR count). The van der Waals surface area contributed by atoms with Gasteiger partial charge >= 0.3 is 0 Å². The van der Waals surface area contributed by atoms with Crippen LogP contribution >= 0.6 is 0 Å². The summed E-state index contributed by atoms with van der Waals surface area (Å²) in [5.74, 6) is -0.354. The zero-order chi connectivity index (χ0) is 23.5. The number of hydrazone groups is 1. The number of hydrogen-bond donors (Lipinski definition) is 2. The van der Waals surface area contributed by atoms with Crippen molar-refractivity contribution in [2.45, 2.75) is 19.8 Å². The van der Waals surface area contributed by atoms with Crippen LogP contribution in [0.3, 0.4) is 0 Å². The minimum absolute atomic E-state index is 0.0377. The summed E-state index contributed by atoms with van der Waals surface area (Å²) in [4.78, 5) is 41.0. The van der Waals surface area contributed by atoms with E-state index in [1.807, 2.05) is 37.3 Å². The van der Waals surface area contributed by atoms with E-state index in [0.717, 1.165) is 28.1 Å². The number of nitrogens with zero attached hydrogens (tertiary/aromatic N) is 5. The first-order chi connectivity index (χ1) is 16.6. The maximum atomic E-state index is 12.6. The van der Waals surface area contributed by atoms with Crippen molar-refractivity contribution in [3.8, 4) is 11.1 Å². The van der Waals surface area contributed by atoms with Crippen LogP contribution in [0.25, 0.3) is 17.2 Å². The van der Waals surface area contributed by atoms with Gasteiger partial charge in [0.05, 0.1) is 11.8 Å². The predicted molar refractivity (Wildman–Crippen MR) is 127 cm³/mol. The summed E-state index contributed by atoms with van der Waals surface area (Å²) in [6.45, 7) is 1.97. The highest BCUT2D eigenvalue weighted by Crippen LogP contribution is 2.33. The van der Waals surface area contributed by atoms with Gasteiger partial charge in [0.2, 0.25) is 5.91 Å². The van der Waals surface area contributed by atoms with Crippen molar-refractivity contribution in [3.05, 3.63) is 95.9 Å². The van der Waals surface area contributed by atoms with Crippen molar-refractivity contribution >= 4 is 23.6 Å². The first kappa shape index (κ1) is 21.2. The predicted octanol–water partition coefficient (Wildman–Crippen LogP) is 3.17. The van der Waals surface area contributed by atoms with Gasteiger partial charge in [-0.15, -0.1) is 0 Å². The monoisotopic (exact) mass is 451 g/mol. The number of aromatic amines is 1. The lowest BCUT2D eigenvalue weighted by Gasteiger charge is -2.08. The molecule has 0 saturated carbocycles. The zero-order valence-corrected chi connectivity index (χ0v) is 18.4. The Kier molecular flexibility index (Phi) is 5.65. The second kappa shape index (κ2) is 9.07. The summed E-state index contributed by atoms with van der Waals surface area (Å²) >= 11 is 0. The molecule has 9 nitrogen and oxygen atoms in total. The fraction of sp³-hybridized carbons (Fsp3) is 0.120. The van der Waals surface area contributed by atoms with Crippen LogP contribution in [-0.4, -0.2) is 42.0 Å². The minimum atomic E-state index is -0.316. The molecule has 0 saturated heterocycles. The Morgan fingerprint density at radius 1 is 1.12 bits per heavy atom. The molecule has 0 atom stereocenters. The number of rotatable bonds is 6. The molecule has 0 radical (unpaired) electrons. The van der Waals surface area contributed by atoms with Gasteiger partial charge in [0, 0.05) is 48.2 Å². The van der Waals surface area contributed by atoms with Crippen LogP contribution in [0.4, 0.5) is 0 Å². The molecule has 0 spiro atoms. The van der Waals surface area contributed by atoms with Crippen LogP contribution in [0.2, 0.25) is 0 Å². The summed E-state index contributed by atoms with van der Waals surface area (Å²) in [5.41, 5.74) is 8.49. The fourth-order valence-electron chi connectivity index (χ4n) is 4.04. The Balaban J connectivity index is 1.56. The van der Waals surface area contributed by atoms with Crippen molar-refractivity contribution in [3.63, 3.8) is 0 Å². The number of carbonyl (C=O) groups is 2. The van der Waals surface area contributed by atoms with E-state index < -0.39 is 0 Å². The number of imidazole rings is 1. The van der Waals surface area contributed by atoms with E-state index in [9.17, 15) is 9.59 Å². The van der Waals surface area contributed by atoms with Gasteiger partial charge in [0.25, 0.3) is 5.91 Å². The van der Waals surface area contributed by atoms with Gasteiger partial charge in [0.15, 0.2) is 0 Å². The summed E-state index contributed by atoms with van der Waals surface area (Å²) in [6.07, 6.45) is 12.1. The third-order valence-corrected chi connectivity index (χ3v) is 5.65. The highest BCUT2D eigenvalue weighted by Gasteiger charge is 2.27. The first-order valence-corrected chi connectivity index (χ1v) is 10.8. The standard InChI is InChI=1S/C25H21N7O2/c1-16-18(7-8-22(33)32-12-11-27-15-32)23(17-5-3-2-4-6-17)20(29-16)13-19-24(30-31-25(19)34)21-14-26-9-10-28-21/h2-6,9-15,29H,7-8H2,1H3,(H,31,34). The highest BCUT2D eigenvalue weighted by molar-refractivity contribution is 6.32. The number of aromatic nitrogens is 5. The van der Waals surface area contributed by atoms with Gasteiger partial charge in [-0.2, -0.15) is 5.10 Å². The van der Waals surface area contributed by atoms with E-state index >= 15 is 0 Å². The van der Waals surface area contributed by atoms with Gasteiger partial charge in [-0.25, -0.2) is 10.4 Å². The molecule has 34 heavy (non-hydrogen) atoms. The number of hydrogen-bond acceptors (Lipinski definition) is 6. The molecule has 9 heteroatoms. The van der Waals surface area contributed by atoms with Crippen LogP contribution in [0, 0.1) is 6.92 Å². The summed E-state index contributed by atoms with van der Waals surface area (Å²) < 4.78 is 1.49. The average molecular weight is 451 g/mol. The van der Waals surface area contributed by atoms with Crippen molar-refractivity contribution in [1.29, 1.82) is 0 Å². The van der Waals surface area contributed by atoms with Crippen molar-refractivity contribution in [2.24, 2.45) is 5.10 Å². The van der Waals surface area contributed by atoms with Crippen LogP contribution in [-0.2, 0) is 11.2 Å². The van der Waals surface area contributed by atoms with Crippen LogP contribution in [0.15, 0.2) is 78.3 Å². The molecule has 4 aromatic rings. The fourth-order valence-corrected chi connectivity index (χ4v) is 4.04. The van der Waals surface area contributed by atoms with Crippen molar-refractivity contribution in [1.82, 2.24) is 29.9 Å². The number of aryl methyl sites for hydroxylation is 1. The quantitative estimate of drug-likeness (QED) is 0.437. The molecular formula is C25H21N7O2. The molecule has 1 aliphatic heterocycles. The molecule has 4 heterocycles. The van der Waals surface area contributed by atoms with Gasteiger partial charge in [-0.1, -0.05) is 30.3 Å². The third kappa shape index (κ3) is 4.06. The lowest BCUT2D eigenvalue weighted by Crippen LogP contribution is -2.14. The number of benzene rings is 1. The third-order valence-electron chi connectivity index (χ3n) is 5.65. The molecule has 2 N–H and O–H groups in total. The summed E-state index contributed by atoms with van der Waals surface area (Å²) in [5, 5.41) is 4.16. The number of H-pyrrole nitrogens is 1. The second-order valence-electron chi connectivity index (χ2n) is 7.80. The second-order valence-corrected chi connectivity index (χ2v) is 7.80. The van der Waals surface area contributed by atoms with Crippen LogP contribution < -0.4 is 5.43 Å². The molecule has 3 aromatic heterocycles. The van der Waals surface area contributed by atoms with Gasteiger partial charge in [0.1, 0.15) is 17.7 Å². The molecule has 1 amide bonds. The molecular weight excluding hydrogens is 430 g/mol. The van der Waals surface area contributed by atoms with Gasteiger partial charge < -0.3 is 4.98 Å². The van der Waals surface area contributed by atoms with Crippen LogP contribution in [0.1, 0.15) is 33.9 Å². The SMILES string of the molecule is Cc1[nH]c(C=C2C(=O)NN=C2c2cnccn2)c(-c2ccccc2)c1CCC(=O)n1ccnc1. The van der Waals surface area contributed by atoms with Gasteiger partial charge in [-0.05, 0) is 30.5 Å². The van der Waals surface area contributed by atoms with E-state index in [2.05, 4.69) is 30.5 Å². The Morgan fingerprint density at radius 2 is 1.97 bits per heavy atom. The zero-order valence-electron chi connectivity index (χ0n) is 18.4. The summed E-state index contributed by atoms with van der Waals surface area (Å²) in [7, 11) is 0. The number of carbonyl (C=O) groups excluding carboxylic acids is 2. The lowest BCUT2D eigenvalue weighted by molar-refractivity contribution is -0.116. The Bertz CT molecular complexity index is 1400. The highest BCUT2D eigenvalue weighted by atomic mass is 16.2. The molecule has 0 unspecified atom stereocenters. The topological polar surface area (TPSA) is 118 Å². The molecule has 0 fully saturated rings. The first-order valence-electron chi connectivity index (χ1n) is 10.8. The number of nitrogens with one attached hydrogen (secondary N) is 2. The van der Waals surface area contributed by atoms with E-state index in [-0.39, 0.29) is 11.8 Å². The smallest absolute Gasteiger partial charge is 0.273 e. The van der Waals surface area contributed by atoms with Crippen molar-refractivity contribution < 1.29 is 9.59 Å². The normalized spacial score (nSPS) is 14.3. The largest absolute Gasteiger partial charge is 0.358 e.